The Kier molecular flexibility index (Phi) is 6.18. The van der Waals surface area contributed by atoms with Crippen molar-refractivity contribution in [2.24, 2.45) is 0 Å². The highest BCUT2D eigenvalue weighted by molar-refractivity contribution is 6.05. The summed E-state index contributed by atoms with van der Waals surface area (Å²) in [6.45, 7) is 2.71. The number of halogens is 6. The topological polar surface area (TPSA) is 73.1 Å². The van der Waals surface area contributed by atoms with Crippen molar-refractivity contribution in [3.63, 3.8) is 0 Å². The van der Waals surface area contributed by atoms with Crippen molar-refractivity contribution in [1.82, 2.24) is 0 Å². The first-order chi connectivity index (χ1) is 13.8. The van der Waals surface area contributed by atoms with Crippen molar-refractivity contribution >= 4 is 11.6 Å². The summed E-state index contributed by atoms with van der Waals surface area (Å²) >= 11 is 0. The molecule has 0 aliphatic carbocycles. The van der Waals surface area contributed by atoms with Crippen molar-refractivity contribution in [2.75, 3.05) is 5.32 Å². The summed E-state index contributed by atoms with van der Waals surface area (Å²) in [6, 6.07) is 8.50. The molecule has 4 nitrogen and oxygen atoms in total. The van der Waals surface area contributed by atoms with Crippen LogP contribution in [0.4, 0.5) is 32.0 Å². The Morgan fingerprint density at radius 1 is 1.07 bits per heavy atom. The van der Waals surface area contributed by atoms with Crippen LogP contribution in [0.2, 0.25) is 0 Å². The molecule has 0 heterocycles. The second kappa shape index (κ2) is 7.99. The van der Waals surface area contributed by atoms with Crippen LogP contribution in [0.3, 0.4) is 0 Å². The van der Waals surface area contributed by atoms with E-state index < -0.39 is 29.4 Å². The summed E-state index contributed by atoms with van der Waals surface area (Å²) in [4.78, 5) is 12.4. The van der Waals surface area contributed by atoms with E-state index in [-0.39, 0.29) is 28.8 Å². The molecule has 0 bridgehead atoms. The Labute approximate surface area is 167 Å². The fraction of sp³-hybridized carbons (Fsp3) is 0.300. The van der Waals surface area contributed by atoms with Crippen LogP contribution in [0.15, 0.2) is 36.4 Å². The number of hydrogen-bond donors (Lipinski definition) is 2. The number of rotatable bonds is 4. The SMILES string of the molecule is CCc1cc(C(O)(C(F)(F)F)C(F)(F)F)cc(C)c1NC(=O)c1ccc(C#N)cc1. The van der Waals surface area contributed by atoms with E-state index in [9.17, 15) is 36.2 Å². The molecule has 0 aliphatic rings. The molecule has 0 atom stereocenters. The average Bonchev–Trinajstić information content (AvgIpc) is 2.66. The lowest BCUT2D eigenvalue weighted by molar-refractivity contribution is -0.376. The molecule has 0 fully saturated rings. The first-order valence-corrected chi connectivity index (χ1v) is 8.57. The van der Waals surface area contributed by atoms with Gasteiger partial charge in [-0.25, -0.2) is 0 Å². The van der Waals surface area contributed by atoms with Crippen LogP contribution in [0.5, 0.6) is 0 Å². The fourth-order valence-corrected chi connectivity index (χ4v) is 2.90. The number of hydrogen-bond acceptors (Lipinski definition) is 3. The zero-order valence-electron chi connectivity index (χ0n) is 15.7. The lowest BCUT2D eigenvalue weighted by atomic mass is 9.88. The highest BCUT2D eigenvalue weighted by atomic mass is 19.4. The second-order valence-corrected chi connectivity index (χ2v) is 6.53. The molecule has 0 spiro atoms. The summed E-state index contributed by atoms with van der Waals surface area (Å²) in [5, 5.41) is 20.9. The summed E-state index contributed by atoms with van der Waals surface area (Å²) in [5.41, 5.74) is -6.04. The number of nitrogens with zero attached hydrogens (tertiary/aromatic N) is 1. The molecule has 0 aliphatic heterocycles. The first-order valence-electron chi connectivity index (χ1n) is 8.57. The number of nitriles is 1. The predicted molar refractivity (Wildman–Crippen MR) is 95.7 cm³/mol. The number of carbonyl (C=O) groups is 1. The molecule has 0 saturated heterocycles. The van der Waals surface area contributed by atoms with Crippen LogP contribution in [-0.4, -0.2) is 23.4 Å². The van der Waals surface area contributed by atoms with Crippen LogP contribution in [0.25, 0.3) is 0 Å². The standard InChI is InChI=1S/C20H16F6N2O2/c1-3-13-9-15(18(30,19(21,22)23)20(24,25)26)8-11(2)16(13)28-17(29)14-6-4-12(10-27)5-7-14/h4-9,30H,3H2,1-2H3,(H,28,29). The van der Waals surface area contributed by atoms with Gasteiger partial charge in [-0.1, -0.05) is 19.1 Å². The van der Waals surface area contributed by atoms with Crippen molar-refractivity contribution in [3.8, 4) is 6.07 Å². The van der Waals surface area contributed by atoms with Gasteiger partial charge >= 0.3 is 12.4 Å². The van der Waals surface area contributed by atoms with Crippen LogP contribution < -0.4 is 5.32 Å². The van der Waals surface area contributed by atoms with Gasteiger partial charge in [0.15, 0.2) is 0 Å². The van der Waals surface area contributed by atoms with Crippen molar-refractivity contribution in [1.29, 1.82) is 5.26 Å². The van der Waals surface area contributed by atoms with Gasteiger partial charge in [-0.3, -0.25) is 4.79 Å². The summed E-state index contributed by atoms with van der Waals surface area (Å²) in [6.07, 6.45) is -12.0. The van der Waals surface area contributed by atoms with E-state index >= 15 is 0 Å². The third kappa shape index (κ3) is 4.11. The van der Waals surface area contributed by atoms with E-state index in [4.69, 9.17) is 5.26 Å². The highest BCUT2D eigenvalue weighted by Crippen LogP contribution is 2.50. The Balaban J connectivity index is 2.52. The third-order valence-electron chi connectivity index (χ3n) is 4.55. The number of alkyl halides is 6. The van der Waals surface area contributed by atoms with E-state index in [0.717, 1.165) is 0 Å². The van der Waals surface area contributed by atoms with Gasteiger partial charge in [0, 0.05) is 16.8 Å². The fourth-order valence-electron chi connectivity index (χ4n) is 2.90. The molecule has 0 saturated carbocycles. The van der Waals surface area contributed by atoms with Crippen molar-refractivity contribution in [2.45, 2.75) is 38.2 Å². The van der Waals surface area contributed by atoms with Gasteiger partial charge in [0.2, 0.25) is 0 Å². The number of nitrogens with one attached hydrogen (secondary N) is 1. The van der Waals surface area contributed by atoms with E-state index in [1.165, 1.54) is 38.1 Å². The van der Waals surface area contributed by atoms with E-state index in [0.29, 0.717) is 17.7 Å². The molecule has 1 amide bonds. The Bertz CT molecular complexity index is 975. The molecule has 160 valence electrons. The molecule has 2 N–H and O–H groups in total. The van der Waals surface area contributed by atoms with E-state index in [1.54, 1.807) is 0 Å². The Morgan fingerprint density at radius 2 is 1.60 bits per heavy atom. The highest BCUT2D eigenvalue weighted by Gasteiger charge is 2.71. The van der Waals surface area contributed by atoms with Gasteiger partial charge in [-0.2, -0.15) is 31.6 Å². The molecule has 30 heavy (non-hydrogen) atoms. The molecule has 2 aromatic rings. The van der Waals surface area contributed by atoms with Gasteiger partial charge in [-0.15, -0.1) is 0 Å². The van der Waals surface area contributed by atoms with Crippen LogP contribution in [0.1, 0.15) is 39.5 Å². The van der Waals surface area contributed by atoms with Crippen molar-refractivity contribution < 1.29 is 36.2 Å². The maximum atomic E-state index is 13.2. The number of benzene rings is 2. The minimum atomic E-state index is -6.00. The van der Waals surface area contributed by atoms with E-state index in [2.05, 4.69) is 5.32 Å². The normalized spacial score (nSPS) is 12.4. The minimum Gasteiger partial charge on any atom is -0.369 e. The molecule has 0 radical (unpaired) electrons. The predicted octanol–water partition coefficient (Wildman–Crippen LogP) is 4.99. The quantitative estimate of drug-likeness (QED) is 0.671. The average molecular weight is 430 g/mol. The summed E-state index contributed by atoms with van der Waals surface area (Å²) in [7, 11) is 0. The van der Waals surface area contributed by atoms with Crippen LogP contribution in [-0.2, 0) is 12.0 Å². The maximum Gasteiger partial charge on any atom is 0.430 e. The number of carbonyl (C=O) groups excluding carboxylic acids is 1. The van der Waals surface area contributed by atoms with Crippen molar-refractivity contribution in [3.05, 3.63) is 64.2 Å². The molecule has 10 heteroatoms. The largest absolute Gasteiger partial charge is 0.430 e. The zero-order chi connectivity index (χ0) is 22.9. The van der Waals surface area contributed by atoms with Gasteiger partial charge in [0.25, 0.3) is 11.5 Å². The van der Waals surface area contributed by atoms with Gasteiger partial charge < -0.3 is 10.4 Å². The molecule has 2 aromatic carbocycles. The van der Waals surface area contributed by atoms with Gasteiger partial charge in [0.05, 0.1) is 11.6 Å². The Morgan fingerprint density at radius 3 is 2.03 bits per heavy atom. The zero-order valence-corrected chi connectivity index (χ0v) is 15.7. The molecule has 2 rings (SSSR count). The smallest absolute Gasteiger partial charge is 0.369 e. The molecule has 0 aromatic heterocycles. The monoisotopic (exact) mass is 430 g/mol. The van der Waals surface area contributed by atoms with Crippen LogP contribution >= 0.6 is 0 Å². The van der Waals surface area contributed by atoms with Gasteiger partial charge in [0.1, 0.15) is 0 Å². The van der Waals surface area contributed by atoms with Crippen LogP contribution in [0, 0.1) is 18.3 Å². The molecular formula is C20H16F6N2O2. The maximum absolute atomic E-state index is 13.2. The number of anilines is 1. The van der Waals surface area contributed by atoms with E-state index in [1.807, 2.05) is 6.07 Å². The summed E-state index contributed by atoms with van der Waals surface area (Å²) < 4.78 is 79.1. The summed E-state index contributed by atoms with van der Waals surface area (Å²) in [5.74, 6) is -0.660. The molecular weight excluding hydrogens is 414 g/mol. The number of amides is 1. The minimum absolute atomic E-state index is 0.0105. The first kappa shape index (κ1) is 23.2. The third-order valence-corrected chi connectivity index (χ3v) is 4.55. The lowest BCUT2D eigenvalue weighted by Crippen LogP contribution is -2.54. The molecule has 0 unspecified atom stereocenters. The lowest BCUT2D eigenvalue weighted by Gasteiger charge is -2.33. The number of aryl methyl sites for hydroxylation is 2. The number of aliphatic hydroxyl groups is 1. The van der Waals surface area contributed by atoms with Gasteiger partial charge in [-0.05, 0) is 48.7 Å². The second-order valence-electron chi connectivity index (χ2n) is 6.53. The Hall–Kier alpha value is -3.06.